The predicted molar refractivity (Wildman–Crippen MR) is 198 cm³/mol. The smallest absolute Gasteiger partial charge is 0.409 e. The number of carbonyl (C=O) groups is 2. The minimum atomic E-state index is -1.05. The fraction of sp³-hybridized carbons (Fsp3) is 0.395. The molecule has 0 saturated carbocycles. The van der Waals surface area contributed by atoms with E-state index in [4.69, 9.17) is 5.11 Å². The van der Waals surface area contributed by atoms with Gasteiger partial charge in [0.2, 0.25) is 5.56 Å². The zero-order valence-corrected chi connectivity index (χ0v) is 28.5. The number of aromatic hydroxyl groups is 1. The molecule has 1 aliphatic heterocycles. The number of anilines is 1. The van der Waals surface area contributed by atoms with Crippen molar-refractivity contribution in [2.45, 2.75) is 51.0 Å². The van der Waals surface area contributed by atoms with Crippen LogP contribution in [0.3, 0.4) is 0 Å². The van der Waals surface area contributed by atoms with Crippen LogP contribution in [-0.4, -0.2) is 83.1 Å². The molecule has 1 saturated heterocycles. The van der Waals surface area contributed by atoms with Crippen LogP contribution in [0.15, 0.2) is 83.7 Å². The Morgan fingerprint density at radius 3 is 2.26 bits per heavy atom. The predicted octanol–water partition coefficient (Wildman–Crippen LogP) is 5.65. The molecule has 0 spiro atoms. The van der Waals surface area contributed by atoms with Gasteiger partial charge in [-0.05, 0) is 87.6 Å². The van der Waals surface area contributed by atoms with Crippen molar-refractivity contribution in [3.8, 4) is 16.9 Å². The monoisotopic (exact) mass is 686 g/mol. The Kier molecular flexibility index (Phi) is 15.6. The van der Waals surface area contributed by atoms with Gasteiger partial charge in [-0.1, -0.05) is 67.4 Å². The van der Waals surface area contributed by atoms with E-state index in [1.807, 2.05) is 42.5 Å². The number of aliphatic hydroxyl groups is 1. The number of piperidine rings is 1. The van der Waals surface area contributed by atoms with Gasteiger partial charge in [0.25, 0.3) is 0 Å². The van der Waals surface area contributed by atoms with Gasteiger partial charge in [-0.25, -0.2) is 9.59 Å². The van der Waals surface area contributed by atoms with Gasteiger partial charge in [-0.15, -0.1) is 0 Å². The van der Waals surface area contributed by atoms with Crippen LogP contribution in [0, 0.1) is 0 Å². The Hall–Kier alpha value is -4.91. The molecule has 12 heteroatoms. The van der Waals surface area contributed by atoms with Gasteiger partial charge in [0.05, 0.1) is 17.3 Å². The van der Waals surface area contributed by atoms with E-state index in [0.717, 1.165) is 49.9 Å². The standard InChI is InChI=1S/C25H39N5O4.C13H11NO2/c31-21-10-8-19(20-9-11-23(33)29-24(20)21)22(32)18-26-12-3-1-4-13-27-25(34)28-14-7-17-30-15-5-2-6-16-30;15-13(16)14-12-9-5-4-8-11(12)10-6-2-1-3-7-10/h8-11,22,26,31-32H,1-7,12-18H2,(H,29,33)(H2,27,28,34);1-9,14H,(H,15,16)/t22-;/m0./s1. The van der Waals surface area contributed by atoms with E-state index in [0.29, 0.717) is 41.8 Å². The summed E-state index contributed by atoms with van der Waals surface area (Å²) < 4.78 is 0. The highest BCUT2D eigenvalue weighted by Gasteiger charge is 2.14. The maximum Gasteiger partial charge on any atom is 0.409 e. The average molecular weight is 687 g/mol. The summed E-state index contributed by atoms with van der Waals surface area (Å²) in [5, 5.41) is 41.3. The van der Waals surface area contributed by atoms with Crippen molar-refractivity contribution in [2.24, 2.45) is 0 Å². The zero-order valence-electron chi connectivity index (χ0n) is 28.5. The number of nitrogens with zero attached hydrogens (tertiary/aromatic N) is 1. The molecule has 3 aromatic carbocycles. The summed E-state index contributed by atoms with van der Waals surface area (Å²) in [4.78, 5) is 39.1. The van der Waals surface area contributed by atoms with Crippen molar-refractivity contribution >= 4 is 28.7 Å². The van der Waals surface area contributed by atoms with E-state index in [9.17, 15) is 24.6 Å². The van der Waals surface area contributed by atoms with E-state index in [1.165, 1.54) is 44.5 Å². The van der Waals surface area contributed by atoms with Crippen LogP contribution in [-0.2, 0) is 0 Å². The van der Waals surface area contributed by atoms with Gasteiger partial charge in [-0.3, -0.25) is 10.1 Å². The molecular weight excluding hydrogens is 636 g/mol. The number of phenols is 1. The topological polar surface area (TPSA) is 179 Å². The van der Waals surface area contributed by atoms with E-state index in [-0.39, 0.29) is 17.3 Å². The number of benzene rings is 3. The molecule has 1 fully saturated rings. The molecule has 4 aromatic rings. The van der Waals surface area contributed by atoms with Gasteiger partial charge in [-0.2, -0.15) is 0 Å². The maximum absolute atomic E-state index is 11.9. The number of carbonyl (C=O) groups excluding carboxylic acids is 1. The van der Waals surface area contributed by atoms with Gasteiger partial charge in [0.1, 0.15) is 5.75 Å². The highest BCUT2D eigenvalue weighted by Crippen LogP contribution is 2.29. The van der Waals surface area contributed by atoms with Crippen LogP contribution in [0.1, 0.15) is 56.6 Å². The molecule has 1 atom stereocenters. The van der Waals surface area contributed by atoms with Gasteiger partial charge >= 0.3 is 12.1 Å². The first-order chi connectivity index (χ1) is 24.3. The lowest BCUT2D eigenvalue weighted by Crippen LogP contribution is -2.38. The Morgan fingerprint density at radius 1 is 0.800 bits per heavy atom. The first kappa shape index (κ1) is 37.9. The molecule has 0 radical (unpaired) electrons. The lowest BCUT2D eigenvalue weighted by Gasteiger charge is -2.26. The number of pyridine rings is 1. The highest BCUT2D eigenvalue weighted by molar-refractivity contribution is 5.90. The third-order valence-electron chi connectivity index (χ3n) is 8.56. The molecule has 0 unspecified atom stereocenters. The van der Waals surface area contributed by atoms with Crippen LogP contribution in [0.2, 0.25) is 0 Å². The van der Waals surface area contributed by atoms with E-state index < -0.39 is 12.2 Å². The molecular formula is C38H50N6O6. The Morgan fingerprint density at radius 2 is 1.50 bits per heavy atom. The number of carboxylic acid groups (broad SMARTS) is 1. The number of rotatable bonds is 15. The summed E-state index contributed by atoms with van der Waals surface area (Å²) in [6, 6.07) is 23.1. The first-order valence-electron chi connectivity index (χ1n) is 17.4. The van der Waals surface area contributed by atoms with Gasteiger partial charge in [0.15, 0.2) is 0 Å². The number of likely N-dealkylation sites (tertiary alicyclic amines) is 1. The fourth-order valence-corrected chi connectivity index (χ4v) is 5.98. The number of aromatic amines is 1. The second-order valence-electron chi connectivity index (χ2n) is 12.3. The summed E-state index contributed by atoms with van der Waals surface area (Å²) in [5.41, 5.74) is 3.16. The van der Waals surface area contributed by atoms with Crippen molar-refractivity contribution in [1.82, 2.24) is 25.8 Å². The van der Waals surface area contributed by atoms with Crippen molar-refractivity contribution in [1.29, 1.82) is 0 Å². The summed E-state index contributed by atoms with van der Waals surface area (Å²) in [7, 11) is 0. The lowest BCUT2D eigenvalue weighted by molar-refractivity contribution is 0.176. The third-order valence-corrected chi connectivity index (χ3v) is 8.56. The largest absolute Gasteiger partial charge is 0.506 e. The quantitative estimate of drug-likeness (QED) is 0.0740. The number of nitrogens with one attached hydrogen (secondary N) is 5. The summed E-state index contributed by atoms with van der Waals surface area (Å²) in [5.74, 6) is -0.0173. The van der Waals surface area contributed by atoms with Gasteiger partial charge in [0, 0.05) is 36.7 Å². The second-order valence-corrected chi connectivity index (χ2v) is 12.3. The summed E-state index contributed by atoms with van der Waals surface area (Å²) in [6.45, 7) is 5.93. The van der Waals surface area contributed by atoms with E-state index in [2.05, 4.69) is 31.2 Å². The minimum Gasteiger partial charge on any atom is -0.506 e. The fourth-order valence-electron chi connectivity index (χ4n) is 5.98. The van der Waals surface area contributed by atoms with Crippen LogP contribution in [0.25, 0.3) is 22.0 Å². The van der Waals surface area contributed by atoms with E-state index >= 15 is 0 Å². The number of phenolic OH excluding ortho intramolecular Hbond substituents is 1. The number of H-pyrrole nitrogens is 1. The minimum absolute atomic E-state index is 0.0173. The molecule has 0 bridgehead atoms. The van der Waals surface area contributed by atoms with Crippen LogP contribution >= 0.6 is 0 Å². The summed E-state index contributed by atoms with van der Waals surface area (Å²) in [6.07, 6.45) is 5.93. The van der Waals surface area contributed by atoms with Crippen LogP contribution in [0.4, 0.5) is 15.3 Å². The van der Waals surface area contributed by atoms with Crippen LogP contribution in [0.5, 0.6) is 5.75 Å². The molecule has 12 nitrogen and oxygen atoms in total. The van der Waals surface area contributed by atoms with Crippen molar-refractivity contribution < 1.29 is 24.9 Å². The number of unbranched alkanes of at least 4 members (excludes halogenated alkanes) is 2. The number of amides is 3. The van der Waals surface area contributed by atoms with Crippen molar-refractivity contribution in [3.63, 3.8) is 0 Å². The van der Waals surface area contributed by atoms with Gasteiger partial charge < -0.3 is 41.2 Å². The number of fused-ring (bicyclic) bond motifs is 1. The molecule has 8 N–H and O–H groups in total. The number of para-hydroxylation sites is 1. The molecule has 50 heavy (non-hydrogen) atoms. The Bertz CT molecular complexity index is 1690. The number of hydrogen-bond acceptors (Lipinski definition) is 7. The Balaban J connectivity index is 0.000000291. The number of aromatic nitrogens is 1. The van der Waals surface area contributed by atoms with E-state index in [1.54, 1.807) is 24.3 Å². The maximum atomic E-state index is 11.9. The van der Waals surface area contributed by atoms with Crippen LogP contribution < -0.4 is 26.8 Å². The number of hydrogen-bond donors (Lipinski definition) is 8. The molecule has 268 valence electrons. The first-order valence-corrected chi connectivity index (χ1v) is 17.4. The Labute approximate surface area is 292 Å². The molecule has 3 amide bonds. The molecule has 1 aromatic heterocycles. The zero-order chi connectivity index (χ0) is 35.6. The normalized spacial score (nSPS) is 13.5. The molecule has 0 aliphatic carbocycles. The SMILES string of the molecule is O=C(NCCCCCNC[C@H](O)c1ccc(O)c2[nH]c(=O)ccc12)NCCCN1CCCCC1.O=C(O)Nc1ccccc1-c1ccccc1. The highest BCUT2D eigenvalue weighted by atomic mass is 16.4. The molecule has 1 aliphatic rings. The average Bonchev–Trinajstić information content (AvgIpc) is 3.12. The third kappa shape index (κ3) is 12.5. The second kappa shape index (κ2) is 20.6. The van der Waals surface area contributed by atoms with Crippen molar-refractivity contribution in [3.05, 3.63) is 94.8 Å². The summed E-state index contributed by atoms with van der Waals surface area (Å²) >= 11 is 0. The van der Waals surface area contributed by atoms with Crippen molar-refractivity contribution in [2.75, 3.05) is 51.1 Å². The number of aliphatic hydroxyl groups excluding tert-OH is 1. The molecule has 2 heterocycles. The molecule has 5 rings (SSSR count). The lowest BCUT2D eigenvalue weighted by atomic mass is 10.0. The number of urea groups is 1.